The standard InChI is InChI=1S/C24H21Cl2N5S2/c1-13(2)32-23-21(15-9-10-17(25)18(26)11-15)28-24(33-23)31-12-16(14(3)29-31)22-27-19-7-5-6-8-20(19)30(22)4/h5-13H,1-4H3. The number of benzene rings is 2. The van der Waals surface area contributed by atoms with Crippen molar-refractivity contribution >= 4 is 57.3 Å². The average Bonchev–Trinajstić information content (AvgIpc) is 3.45. The van der Waals surface area contributed by atoms with E-state index in [0.717, 1.165) is 48.7 Å². The van der Waals surface area contributed by atoms with Crippen molar-refractivity contribution in [1.82, 2.24) is 24.3 Å². The largest absolute Gasteiger partial charge is 0.327 e. The second-order valence-electron chi connectivity index (χ2n) is 7.98. The van der Waals surface area contributed by atoms with E-state index >= 15 is 0 Å². The molecule has 0 saturated carbocycles. The van der Waals surface area contributed by atoms with E-state index in [9.17, 15) is 0 Å². The van der Waals surface area contributed by atoms with Gasteiger partial charge in [0.2, 0.25) is 5.13 Å². The van der Waals surface area contributed by atoms with Crippen molar-refractivity contribution in [2.75, 3.05) is 0 Å². The van der Waals surface area contributed by atoms with Gasteiger partial charge in [-0.1, -0.05) is 66.6 Å². The maximum absolute atomic E-state index is 6.30. The van der Waals surface area contributed by atoms with Crippen LogP contribution in [0.4, 0.5) is 0 Å². The molecule has 5 aromatic rings. The lowest BCUT2D eigenvalue weighted by atomic mass is 10.2. The lowest BCUT2D eigenvalue weighted by Gasteiger charge is -2.05. The number of halogens is 2. The van der Waals surface area contributed by atoms with Gasteiger partial charge in [-0.15, -0.1) is 11.8 Å². The van der Waals surface area contributed by atoms with Crippen molar-refractivity contribution in [3.63, 3.8) is 0 Å². The Hall–Kier alpha value is -2.32. The van der Waals surface area contributed by atoms with Gasteiger partial charge in [0, 0.05) is 24.1 Å². The van der Waals surface area contributed by atoms with E-state index in [2.05, 4.69) is 24.5 Å². The monoisotopic (exact) mass is 513 g/mol. The minimum absolute atomic E-state index is 0.412. The number of aromatic nitrogens is 5. The molecule has 33 heavy (non-hydrogen) atoms. The Kier molecular flexibility index (Phi) is 5.99. The van der Waals surface area contributed by atoms with Gasteiger partial charge in [0.25, 0.3) is 0 Å². The highest BCUT2D eigenvalue weighted by Gasteiger charge is 2.20. The van der Waals surface area contributed by atoms with Crippen LogP contribution in [0.2, 0.25) is 10.0 Å². The molecular weight excluding hydrogens is 493 g/mol. The summed E-state index contributed by atoms with van der Waals surface area (Å²) in [6.07, 6.45) is 2.01. The van der Waals surface area contributed by atoms with Crippen LogP contribution in [-0.4, -0.2) is 29.6 Å². The Morgan fingerprint density at radius 1 is 1.03 bits per heavy atom. The van der Waals surface area contributed by atoms with Crippen molar-refractivity contribution in [1.29, 1.82) is 0 Å². The Labute approximate surface area is 210 Å². The molecule has 0 amide bonds. The minimum Gasteiger partial charge on any atom is -0.327 e. The zero-order chi connectivity index (χ0) is 23.3. The number of imidazole rings is 1. The van der Waals surface area contributed by atoms with Crippen LogP contribution in [0.25, 0.3) is 38.8 Å². The summed E-state index contributed by atoms with van der Waals surface area (Å²) in [6, 6.07) is 13.8. The van der Waals surface area contributed by atoms with Crippen molar-refractivity contribution in [3.05, 3.63) is 64.4 Å². The normalized spacial score (nSPS) is 11.7. The van der Waals surface area contributed by atoms with Crippen LogP contribution in [-0.2, 0) is 7.05 Å². The third-order valence-corrected chi connectivity index (χ3v) is 8.24. The first kappa shape index (κ1) is 22.5. The van der Waals surface area contributed by atoms with E-state index in [1.54, 1.807) is 23.1 Å². The molecule has 9 heteroatoms. The van der Waals surface area contributed by atoms with E-state index in [1.807, 2.05) is 61.2 Å². The number of thioether (sulfide) groups is 1. The molecule has 0 aliphatic carbocycles. The van der Waals surface area contributed by atoms with E-state index in [1.165, 1.54) is 0 Å². The fourth-order valence-corrected chi connectivity index (χ4v) is 6.42. The number of rotatable bonds is 5. The molecule has 0 N–H and O–H groups in total. The molecule has 0 aliphatic rings. The molecule has 5 rings (SSSR count). The molecule has 0 atom stereocenters. The van der Waals surface area contributed by atoms with Gasteiger partial charge in [-0.3, -0.25) is 0 Å². The van der Waals surface area contributed by atoms with Gasteiger partial charge >= 0.3 is 0 Å². The number of fused-ring (bicyclic) bond motifs is 1. The van der Waals surface area contributed by atoms with E-state index in [4.69, 9.17) is 38.3 Å². The first-order valence-corrected chi connectivity index (χ1v) is 12.9. The molecule has 0 bridgehead atoms. The topological polar surface area (TPSA) is 48.5 Å². The number of para-hydroxylation sites is 2. The van der Waals surface area contributed by atoms with Crippen molar-refractivity contribution in [2.45, 2.75) is 30.2 Å². The summed E-state index contributed by atoms with van der Waals surface area (Å²) >= 11 is 15.8. The third kappa shape index (κ3) is 4.19. The molecule has 0 radical (unpaired) electrons. The van der Waals surface area contributed by atoms with Gasteiger partial charge in [0.05, 0.1) is 42.2 Å². The Balaban J connectivity index is 1.60. The lowest BCUT2D eigenvalue weighted by Crippen LogP contribution is -1.94. The highest BCUT2D eigenvalue weighted by Crippen LogP contribution is 2.41. The molecule has 0 unspecified atom stereocenters. The summed E-state index contributed by atoms with van der Waals surface area (Å²) in [5.41, 5.74) is 5.77. The van der Waals surface area contributed by atoms with Crippen LogP contribution in [0.15, 0.2) is 52.9 Å². The van der Waals surface area contributed by atoms with Gasteiger partial charge in [0.1, 0.15) is 5.82 Å². The summed E-state index contributed by atoms with van der Waals surface area (Å²) < 4.78 is 5.07. The van der Waals surface area contributed by atoms with Gasteiger partial charge < -0.3 is 4.57 Å². The Bertz CT molecular complexity index is 1480. The van der Waals surface area contributed by atoms with Crippen LogP contribution in [0.1, 0.15) is 19.5 Å². The lowest BCUT2D eigenvalue weighted by molar-refractivity contribution is 0.853. The maximum Gasteiger partial charge on any atom is 0.211 e. The highest BCUT2D eigenvalue weighted by atomic mass is 35.5. The number of hydrogen-bond donors (Lipinski definition) is 0. The average molecular weight is 515 g/mol. The summed E-state index contributed by atoms with van der Waals surface area (Å²) in [5, 5.41) is 7.04. The molecular formula is C24H21Cl2N5S2. The van der Waals surface area contributed by atoms with Crippen LogP contribution in [0.3, 0.4) is 0 Å². The van der Waals surface area contributed by atoms with Crippen LogP contribution >= 0.6 is 46.3 Å². The fraction of sp³-hybridized carbons (Fsp3) is 0.208. The first-order chi connectivity index (χ1) is 15.8. The third-order valence-electron chi connectivity index (χ3n) is 5.24. The van der Waals surface area contributed by atoms with Gasteiger partial charge in [-0.25, -0.2) is 14.6 Å². The number of hydrogen-bond acceptors (Lipinski definition) is 5. The molecule has 0 fully saturated rings. The predicted molar refractivity (Wildman–Crippen MR) is 140 cm³/mol. The van der Waals surface area contributed by atoms with Gasteiger partial charge in [-0.2, -0.15) is 5.10 Å². The summed E-state index contributed by atoms with van der Waals surface area (Å²) in [7, 11) is 2.03. The van der Waals surface area contributed by atoms with Crippen molar-refractivity contribution in [2.24, 2.45) is 7.05 Å². The quantitative estimate of drug-likeness (QED) is 0.226. The molecule has 168 valence electrons. The van der Waals surface area contributed by atoms with Crippen molar-refractivity contribution < 1.29 is 0 Å². The number of thiazole rings is 1. The number of aryl methyl sites for hydroxylation is 2. The predicted octanol–water partition coefficient (Wildman–Crippen LogP) is 7.67. The smallest absolute Gasteiger partial charge is 0.211 e. The maximum atomic E-state index is 6.30. The molecule has 0 saturated heterocycles. The zero-order valence-electron chi connectivity index (χ0n) is 18.5. The van der Waals surface area contributed by atoms with Crippen LogP contribution < -0.4 is 0 Å². The zero-order valence-corrected chi connectivity index (χ0v) is 21.6. The molecule has 3 aromatic heterocycles. The summed E-state index contributed by atoms with van der Waals surface area (Å²) in [6.45, 7) is 6.34. The minimum atomic E-state index is 0.412. The second kappa shape index (κ2) is 8.80. The highest BCUT2D eigenvalue weighted by molar-refractivity contribution is 8.01. The van der Waals surface area contributed by atoms with Crippen LogP contribution in [0.5, 0.6) is 0 Å². The SMILES string of the molecule is Cc1nn(-c2nc(-c3ccc(Cl)c(Cl)c3)c(SC(C)C)s2)cc1-c1nc2ccccc2n1C. The molecule has 0 aliphatic heterocycles. The summed E-state index contributed by atoms with van der Waals surface area (Å²) in [5.74, 6) is 0.887. The summed E-state index contributed by atoms with van der Waals surface area (Å²) in [4.78, 5) is 9.80. The first-order valence-electron chi connectivity index (χ1n) is 10.4. The Morgan fingerprint density at radius 3 is 2.55 bits per heavy atom. The van der Waals surface area contributed by atoms with E-state index in [-0.39, 0.29) is 0 Å². The van der Waals surface area contributed by atoms with Gasteiger partial charge in [0.15, 0.2) is 0 Å². The fourth-order valence-electron chi connectivity index (χ4n) is 3.68. The van der Waals surface area contributed by atoms with Crippen molar-refractivity contribution in [3.8, 4) is 27.8 Å². The van der Waals surface area contributed by atoms with Gasteiger partial charge in [-0.05, 0) is 31.2 Å². The van der Waals surface area contributed by atoms with E-state index in [0.29, 0.717) is 15.3 Å². The second-order valence-corrected chi connectivity index (χ2v) is 11.6. The molecule has 3 heterocycles. The van der Waals surface area contributed by atoms with Crippen LogP contribution in [0, 0.1) is 6.92 Å². The Morgan fingerprint density at radius 2 is 1.82 bits per heavy atom. The van der Waals surface area contributed by atoms with E-state index < -0.39 is 0 Å². The molecule has 2 aromatic carbocycles. The number of nitrogens with zero attached hydrogens (tertiary/aromatic N) is 5. The molecule has 0 spiro atoms. The molecule has 5 nitrogen and oxygen atoms in total.